The van der Waals surface area contributed by atoms with Crippen molar-refractivity contribution >= 4 is 23.2 Å². The van der Waals surface area contributed by atoms with E-state index in [1.807, 2.05) is 54.6 Å². The van der Waals surface area contributed by atoms with E-state index in [9.17, 15) is 9.90 Å². The largest absolute Gasteiger partial charge is 0.478 e. The molecule has 7 heteroatoms. The molecule has 0 amide bonds. The van der Waals surface area contributed by atoms with E-state index >= 15 is 0 Å². The molecule has 160 valence electrons. The Balaban J connectivity index is 1.73. The smallest absolute Gasteiger partial charge is 0.335 e. The highest BCUT2D eigenvalue weighted by atomic mass is 16.5. The first-order chi connectivity index (χ1) is 15.4. The first-order valence-corrected chi connectivity index (χ1v) is 10.0. The van der Waals surface area contributed by atoms with E-state index in [4.69, 9.17) is 21.6 Å². The van der Waals surface area contributed by atoms with Crippen molar-refractivity contribution in [1.29, 1.82) is 5.41 Å². The minimum Gasteiger partial charge on any atom is -0.478 e. The number of benzene rings is 2. The number of nitrogens with two attached hydrogens (primary N) is 2. The van der Waals surface area contributed by atoms with Gasteiger partial charge in [-0.25, -0.2) is 9.78 Å². The molecule has 0 unspecified atom stereocenters. The molecule has 32 heavy (non-hydrogen) atoms. The number of carboxylic acids is 1. The molecule has 0 radical (unpaired) electrons. The summed E-state index contributed by atoms with van der Waals surface area (Å²) in [5.41, 5.74) is 15.3. The number of rotatable bonds is 6. The molecular weight excluding hydrogens is 404 g/mol. The molecule has 2 aromatic carbocycles. The average molecular weight is 426 g/mol. The Morgan fingerprint density at radius 3 is 2.41 bits per heavy atom. The number of ether oxygens (including phenoxy) is 1. The summed E-state index contributed by atoms with van der Waals surface area (Å²) in [5, 5.41) is 17.3. The molecule has 1 aliphatic rings. The van der Waals surface area contributed by atoms with Crippen LogP contribution in [0.4, 0.5) is 5.82 Å². The Kier molecular flexibility index (Phi) is 5.72. The Bertz CT molecular complexity index is 1250. The summed E-state index contributed by atoms with van der Waals surface area (Å²) < 4.78 is 5.85. The van der Waals surface area contributed by atoms with Gasteiger partial charge in [0.15, 0.2) is 0 Å². The van der Waals surface area contributed by atoms with Crippen LogP contribution < -0.4 is 16.2 Å². The molecule has 0 atom stereocenters. The lowest BCUT2D eigenvalue weighted by Gasteiger charge is -2.17. The average Bonchev–Trinajstić information content (AvgIpc) is 2.79. The number of aromatic nitrogens is 1. The molecule has 7 nitrogen and oxygen atoms in total. The van der Waals surface area contributed by atoms with E-state index in [1.54, 1.807) is 18.2 Å². The third-order valence-corrected chi connectivity index (χ3v) is 5.14. The molecule has 0 aliphatic heterocycles. The molecule has 0 fully saturated rings. The fraction of sp³-hybridized carbons (Fsp3) is 0.0800. The van der Waals surface area contributed by atoms with Gasteiger partial charge in [-0.2, -0.15) is 0 Å². The van der Waals surface area contributed by atoms with E-state index in [1.165, 1.54) is 0 Å². The number of nitrogen functional groups attached to an aromatic ring is 2. The van der Waals surface area contributed by atoms with E-state index in [0.29, 0.717) is 35.4 Å². The molecule has 1 heterocycles. The molecule has 1 aromatic heterocycles. The topological polar surface area (TPSA) is 135 Å². The van der Waals surface area contributed by atoms with Gasteiger partial charge in [0, 0.05) is 0 Å². The van der Waals surface area contributed by atoms with Crippen molar-refractivity contribution in [3.8, 4) is 22.6 Å². The molecule has 0 saturated carbocycles. The van der Waals surface area contributed by atoms with Crippen LogP contribution in [-0.4, -0.2) is 21.9 Å². The van der Waals surface area contributed by atoms with Gasteiger partial charge in [0.2, 0.25) is 0 Å². The van der Waals surface area contributed by atoms with Gasteiger partial charge < -0.3 is 21.3 Å². The van der Waals surface area contributed by atoms with Gasteiger partial charge in [-0.1, -0.05) is 36.4 Å². The second-order valence-corrected chi connectivity index (χ2v) is 7.34. The zero-order valence-electron chi connectivity index (χ0n) is 17.2. The Hall–Kier alpha value is -4.39. The predicted molar refractivity (Wildman–Crippen MR) is 125 cm³/mol. The standard InChI is InChI=1S/C25H22N4O3/c26-23(27)22-20(15-9-11-19(12-10-15)32-18-7-2-1-3-8-18)14-21(29-24(22)28)16-5-4-6-17(13-16)25(30)31/h1-3,6-14H,4-5H2,(H3,26,27)(H2,28,29)(H,30,31). The zero-order valence-corrected chi connectivity index (χ0v) is 17.2. The lowest BCUT2D eigenvalue weighted by molar-refractivity contribution is -0.132. The first-order valence-electron chi connectivity index (χ1n) is 10.0. The number of pyridine rings is 1. The van der Waals surface area contributed by atoms with Crippen molar-refractivity contribution in [2.24, 2.45) is 5.73 Å². The van der Waals surface area contributed by atoms with Gasteiger partial charge in [0.05, 0.1) is 16.8 Å². The molecule has 0 spiro atoms. The Morgan fingerprint density at radius 1 is 1.06 bits per heavy atom. The second kappa shape index (κ2) is 8.77. The number of para-hydroxylation sites is 1. The zero-order chi connectivity index (χ0) is 22.7. The van der Waals surface area contributed by atoms with Gasteiger partial charge >= 0.3 is 5.97 Å². The van der Waals surface area contributed by atoms with Gasteiger partial charge in [-0.05, 0) is 65.9 Å². The number of allylic oxidation sites excluding steroid dienone is 2. The van der Waals surface area contributed by atoms with Crippen LogP contribution in [0.3, 0.4) is 0 Å². The van der Waals surface area contributed by atoms with E-state index < -0.39 is 5.97 Å². The normalized spacial score (nSPS) is 13.1. The highest BCUT2D eigenvalue weighted by Gasteiger charge is 2.19. The van der Waals surface area contributed by atoms with Crippen molar-refractivity contribution in [3.05, 3.63) is 89.6 Å². The molecule has 0 saturated heterocycles. The third kappa shape index (κ3) is 4.37. The maximum Gasteiger partial charge on any atom is 0.335 e. The molecule has 0 bridgehead atoms. The number of anilines is 1. The summed E-state index contributed by atoms with van der Waals surface area (Å²) in [6.07, 6.45) is 4.55. The lowest BCUT2D eigenvalue weighted by Crippen LogP contribution is -2.17. The lowest BCUT2D eigenvalue weighted by atomic mass is 9.93. The molecule has 6 N–H and O–H groups in total. The second-order valence-electron chi connectivity index (χ2n) is 7.34. The van der Waals surface area contributed by atoms with Crippen molar-refractivity contribution < 1.29 is 14.6 Å². The fourth-order valence-electron chi connectivity index (χ4n) is 3.62. The Labute approximate surface area is 185 Å². The summed E-state index contributed by atoms with van der Waals surface area (Å²) in [7, 11) is 0. The summed E-state index contributed by atoms with van der Waals surface area (Å²) in [5.74, 6) is 0.348. The summed E-state index contributed by atoms with van der Waals surface area (Å²) in [6, 6.07) is 18.6. The van der Waals surface area contributed by atoms with Crippen molar-refractivity contribution in [1.82, 2.24) is 4.98 Å². The minimum atomic E-state index is -0.982. The van der Waals surface area contributed by atoms with Gasteiger partial charge in [-0.15, -0.1) is 0 Å². The van der Waals surface area contributed by atoms with Crippen LogP contribution in [0.1, 0.15) is 24.1 Å². The van der Waals surface area contributed by atoms with Crippen LogP contribution in [-0.2, 0) is 4.79 Å². The fourth-order valence-corrected chi connectivity index (χ4v) is 3.62. The number of nitrogens with one attached hydrogen (secondary N) is 1. The molecule has 3 aromatic rings. The van der Waals surface area contributed by atoms with Crippen LogP contribution in [0.5, 0.6) is 11.5 Å². The predicted octanol–water partition coefficient (Wildman–Crippen LogP) is 4.60. The minimum absolute atomic E-state index is 0.127. The number of hydrogen-bond donors (Lipinski definition) is 4. The van der Waals surface area contributed by atoms with Gasteiger partial charge in [-0.3, -0.25) is 5.41 Å². The SMILES string of the molecule is N=C(N)c1c(-c2ccc(Oc3ccccc3)cc2)cc(C2=CC(C(=O)O)=CCC2)nc1N. The van der Waals surface area contributed by atoms with Crippen LogP contribution >= 0.6 is 0 Å². The van der Waals surface area contributed by atoms with Gasteiger partial charge in [0.1, 0.15) is 23.2 Å². The molecular formula is C25H22N4O3. The summed E-state index contributed by atoms with van der Waals surface area (Å²) in [4.78, 5) is 15.8. The maximum absolute atomic E-state index is 11.4. The van der Waals surface area contributed by atoms with E-state index in [-0.39, 0.29) is 17.2 Å². The third-order valence-electron chi connectivity index (χ3n) is 5.14. The number of carboxylic acid groups (broad SMARTS) is 1. The highest BCUT2D eigenvalue weighted by Crippen LogP contribution is 2.34. The maximum atomic E-state index is 11.4. The van der Waals surface area contributed by atoms with Crippen LogP contribution in [0.15, 0.2) is 78.4 Å². The summed E-state index contributed by atoms with van der Waals surface area (Å²) >= 11 is 0. The first kappa shape index (κ1) is 20.9. The van der Waals surface area contributed by atoms with Crippen LogP contribution in [0, 0.1) is 5.41 Å². The van der Waals surface area contributed by atoms with Crippen LogP contribution in [0.25, 0.3) is 16.7 Å². The van der Waals surface area contributed by atoms with Gasteiger partial charge in [0.25, 0.3) is 0 Å². The van der Waals surface area contributed by atoms with Crippen molar-refractivity contribution in [2.75, 3.05) is 5.73 Å². The van der Waals surface area contributed by atoms with Crippen molar-refractivity contribution in [3.63, 3.8) is 0 Å². The number of carbonyl (C=O) groups is 1. The quantitative estimate of drug-likeness (QED) is 0.336. The van der Waals surface area contributed by atoms with E-state index in [2.05, 4.69) is 4.98 Å². The Morgan fingerprint density at radius 2 is 1.75 bits per heavy atom. The van der Waals surface area contributed by atoms with Crippen molar-refractivity contribution in [2.45, 2.75) is 12.8 Å². The molecule has 4 rings (SSSR count). The number of aliphatic carboxylic acids is 1. The van der Waals surface area contributed by atoms with E-state index in [0.717, 1.165) is 16.9 Å². The monoisotopic (exact) mass is 426 g/mol. The van der Waals surface area contributed by atoms with Crippen LogP contribution in [0.2, 0.25) is 0 Å². The number of hydrogen-bond acceptors (Lipinski definition) is 5. The number of amidine groups is 1. The highest BCUT2D eigenvalue weighted by molar-refractivity contribution is 6.06. The molecule has 1 aliphatic carbocycles. The summed E-state index contributed by atoms with van der Waals surface area (Å²) in [6.45, 7) is 0. The number of nitrogens with zero attached hydrogens (tertiary/aromatic N) is 1.